The molecule has 1 rings (SSSR count). The van der Waals surface area contributed by atoms with E-state index in [-0.39, 0.29) is 12.1 Å². The molecule has 0 aliphatic rings. The van der Waals surface area contributed by atoms with E-state index in [0.717, 1.165) is 0 Å². The molecule has 4 N–H and O–H groups in total. The van der Waals surface area contributed by atoms with E-state index in [1.807, 2.05) is 6.92 Å². The first-order valence-corrected chi connectivity index (χ1v) is 6.34. The van der Waals surface area contributed by atoms with E-state index in [1.165, 1.54) is 0 Å². The highest BCUT2D eigenvalue weighted by Crippen LogP contribution is 2.34. The quantitative estimate of drug-likeness (QED) is 0.523. The maximum Gasteiger partial charge on any atom is 0.315 e. The van der Waals surface area contributed by atoms with Gasteiger partial charge in [-0.3, -0.25) is 14.9 Å². The molecule has 0 aliphatic heterocycles. The van der Waals surface area contributed by atoms with Crippen LogP contribution in [0.25, 0.3) is 0 Å². The molecule has 1 amide bonds. The third-order valence-corrected chi connectivity index (χ3v) is 2.68. The van der Waals surface area contributed by atoms with Crippen molar-refractivity contribution in [2.45, 2.75) is 32.7 Å². The molecule has 0 heterocycles. The predicted octanol–water partition coefficient (Wildman–Crippen LogP) is 2.09. The van der Waals surface area contributed by atoms with Gasteiger partial charge in [-0.25, -0.2) is 0 Å². The molecule has 0 bridgehead atoms. The van der Waals surface area contributed by atoms with Crippen LogP contribution in [0.15, 0.2) is 18.2 Å². The summed E-state index contributed by atoms with van der Waals surface area (Å²) in [6, 6.07) is 4.98. The molecule has 0 aromatic heterocycles. The van der Waals surface area contributed by atoms with Crippen molar-refractivity contribution in [3.05, 3.63) is 28.3 Å². The van der Waals surface area contributed by atoms with Gasteiger partial charge in [-0.1, -0.05) is 6.07 Å². The summed E-state index contributed by atoms with van der Waals surface area (Å²) in [4.78, 5) is 21.8. The van der Waals surface area contributed by atoms with Crippen molar-refractivity contribution in [2.75, 3.05) is 17.2 Å². The number of nitrogens with zero attached hydrogens (tertiary/aromatic N) is 1. The average Bonchev–Trinajstić information content (AvgIpc) is 2.26. The number of nitro groups is 1. The number of rotatable bonds is 7. The molecule has 1 aromatic carbocycles. The summed E-state index contributed by atoms with van der Waals surface area (Å²) < 4.78 is 0. The molecular weight excluding hydrogens is 260 g/mol. The van der Waals surface area contributed by atoms with Crippen LogP contribution in [0.1, 0.15) is 27.2 Å². The Kier molecular flexibility index (Phi) is 4.90. The van der Waals surface area contributed by atoms with Gasteiger partial charge in [0.15, 0.2) is 0 Å². The molecule has 0 fully saturated rings. The van der Waals surface area contributed by atoms with E-state index in [0.29, 0.717) is 17.9 Å². The van der Waals surface area contributed by atoms with Crippen LogP contribution in [0.2, 0.25) is 0 Å². The number of benzene rings is 1. The molecule has 1 aromatic rings. The Bertz CT molecular complexity index is 514. The van der Waals surface area contributed by atoms with Crippen LogP contribution in [0.4, 0.5) is 17.1 Å². The van der Waals surface area contributed by atoms with E-state index in [4.69, 9.17) is 5.73 Å². The van der Waals surface area contributed by atoms with E-state index >= 15 is 0 Å². The zero-order chi connectivity index (χ0) is 15.3. The molecular formula is C13H20N4O3. The third-order valence-electron chi connectivity index (χ3n) is 2.68. The van der Waals surface area contributed by atoms with Crippen LogP contribution in [0.3, 0.4) is 0 Å². The maximum absolute atomic E-state index is 11.3. The van der Waals surface area contributed by atoms with E-state index < -0.39 is 16.4 Å². The number of primary amides is 1. The van der Waals surface area contributed by atoms with Gasteiger partial charge in [-0.15, -0.1) is 0 Å². The highest BCUT2D eigenvalue weighted by Gasteiger charge is 2.26. The highest BCUT2D eigenvalue weighted by atomic mass is 16.6. The normalized spacial score (nSPS) is 10.9. The number of nitro benzene ring substituents is 1. The molecule has 0 aliphatic carbocycles. The summed E-state index contributed by atoms with van der Waals surface area (Å²) in [6.07, 6.45) is 0.0790. The van der Waals surface area contributed by atoms with E-state index in [9.17, 15) is 14.9 Å². The first kappa shape index (κ1) is 15.7. The largest absolute Gasteiger partial charge is 0.380 e. The Morgan fingerprint density at radius 3 is 2.50 bits per heavy atom. The van der Waals surface area contributed by atoms with Crippen molar-refractivity contribution >= 4 is 23.0 Å². The van der Waals surface area contributed by atoms with Gasteiger partial charge in [-0.05, 0) is 32.9 Å². The van der Waals surface area contributed by atoms with E-state index in [2.05, 4.69) is 10.6 Å². The highest BCUT2D eigenvalue weighted by molar-refractivity contribution is 5.79. The lowest BCUT2D eigenvalue weighted by Crippen LogP contribution is -2.36. The molecule has 0 spiro atoms. The second kappa shape index (κ2) is 6.23. The molecule has 0 radical (unpaired) electrons. The van der Waals surface area contributed by atoms with Crippen molar-refractivity contribution < 1.29 is 9.72 Å². The minimum Gasteiger partial charge on any atom is -0.380 e. The number of nitrogens with one attached hydrogen (secondary N) is 2. The zero-order valence-corrected chi connectivity index (χ0v) is 11.9. The molecule has 7 nitrogen and oxygen atoms in total. The predicted molar refractivity (Wildman–Crippen MR) is 78.8 cm³/mol. The molecule has 0 unspecified atom stereocenters. The number of amides is 1. The first-order chi connectivity index (χ1) is 9.26. The first-order valence-electron chi connectivity index (χ1n) is 6.34. The van der Waals surface area contributed by atoms with Crippen molar-refractivity contribution in [1.29, 1.82) is 0 Å². The van der Waals surface area contributed by atoms with Crippen LogP contribution in [0, 0.1) is 10.1 Å². The Labute approximate surface area is 117 Å². The summed E-state index contributed by atoms with van der Waals surface area (Å²) in [5, 5.41) is 17.2. The second-order valence-electron chi connectivity index (χ2n) is 5.14. The fraction of sp³-hybridized carbons (Fsp3) is 0.462. The van der Waals surface area contributed by atoms with Crippen LogP contribution in [-0.2, 0) is 4.79 Å². The van der Waals surface area contributed by atoms with Crippen LogP contribution in [0.5, 0.6) is 0 Å². The van der Waals surface area contributed by atoms with Crippen molar-refractivity contribution in [2.24, 2.45) is 5.73 Å². The monoisotopic (exact) mass is 280 g/mol. The lowest BCUT2D eigenvalue weighted by Gasteiger charge is -2.26. The lowest BCUT2D eigenvalue weighted by molar-refractivity contribution is -0.383. The van der Waals surface area contributed by atoms with Gasteiger partial charge in [0.05, 0.1) is 4.92 Å². The smallest absolute Gasteiger partial charge is 0.315 e. The zero-order valence-electron chi connectivity index (χ0n) is 11.9. The number of hydrogen-bond acceptors (Lipinski definition) is 5. The molecule has 110 valence electrons. The summed E-state index contributed by atoms with van der Waals surface area (Å²) in [7, 11) is 0. The Morgan fingerprint density at radius 2 is 2.00 bits per heavy atom. The number of para-hydroxylation sites is 1. The number of hydrogen-bond donors (Lipinski definition) is 3. The van der Waals surface area contributed by atoms with Crippen molar-refractivity contribution in [3.8, 4) is 0 Å². The van der Waals surface area contributed by atoms with Gasteiger partial charge in [-0.2, -0.15) is 0 Å². The van der Waals surface area contributed by atoms with Crippen molar-refractivity contribution in [1.82, 2.24) is 0 Å². The number of anilines is 2. The Balaban J connectivity index is 3.14. The molecule has 0 atom stereocenters. The summed E-state index contributed by atoms with van der Waals surface area (Å²) in [6.45, 7) is 5.97. The standard InChI is InChI=1S/C13H20N4O3/c1-4-15-9-6-5-7-10(12(9)17(19)20)16-13(2,3)8-11(14)18/h5-7,15-16H,4,8H2,1-3H3,(H2,14,18). The Morgan fingerprint density at radius 1 is 1.40 bits per heavy atom. The summed E-state index contributed by atoms with van der Waals surface area (Å²) in [5.41, 5.74) is 5.28. The Hall–Kier alpha value is -2.31. The minimum atomic E-state index is -0.665. The SMILES string of the molecule is CCNc1cccc(NC(C)(C)CC(N)=O)c1[N+](=O)[O-]. The maximum atomic E-state index is 11.3. The number of nitrogens with two attached hydrogens (primary N) is 1. The second-order valence-corrected chi connectivity index (χ2v) is 5.14. The minimum absolute atomic E-state index is 0.0353. The molecule has 7 heteroatoms. The summed E-state index contributed by atoms with van der Waals surface area (Å²) in [5.74, 6) is -0.465. The molecule has 20 heavy (non-hydrogen) atoms. The van der Waals surface area contributed by atoms with Gasteiger partial charge in [0.2, 0.25) is 5.91 Å². The fourth-order valence-corrected chi connectivity index (χ4v) is 2.02. The van der Waals surface area contributed by atoms with Crippen LogP contribution < -0.4 is 16.4 Å². The van der Waals surface area contributed by atoms with Crippen LogP contribution >= 0.6 is 0 Å². The number of carbonyl (C=O) groups excluding carboxylic acids is 1. The van der Waals surface area contributed by atoms with Crippen molar-refractivity contribution in [3.63, 3.8) is 0 Å². The summed E-state index contributed by atoms with van der Waals surface area (Å²) >= 11 is 0. The average molecular weight is 280 g/mol. The fourth-order valence-electron chi connectivity index (χ4n) is 2.02. The van der Waals surface area contributed by atoms with Gasteiger partial charge >= 0.3 is 5.69 Å². The van der Waals surface area contributed by atoms with E-state index in [1.54, 1.807) is 32.0 Å². The lowest BCUT2D eigenvalue weighted by atomic mass is 9.99. The molecule has 0 saturated heterocycles. The third kappa shape index (κ3) is 4.11. The molecule has 0 saturated carbocycles. The van der Waals surface area contributed by atoms with Crippen LogP contribution in [-0.4, -0.2) is 22.9 Å². The van der Waals surface area contributed by atoms with Gasteiger partial charge < -0.3 is 16.4 Å². The number of carbonyl (C=O) groups is 1. The topological polar surface area (TPSA) is 110 Å². The van der Waals surface area contributed by atoms with Gasteiger partial charge in [0.25, 0.3) is 0 Å². The van der Waals surface area contributed by atoms with Gasteiger partial charge in [0.1, 0.15) is 11.4 Å². The van der Waals surface area contributed by atoms with Gasteiger partial charge in [0, 0.05) is 18.5 Å².